The summed E-state index contributed by atoms with van der Waals surface area (Å²) in [6.07, 6.45) is 9.32. The van der Waals surface area contributed by atoms with Gasteiger partial charge in [-0.2, -0.15) is 0 Å². The van der Waals surface area contributed by atoms with Gasteiger partial charge in [-0.25, -0.2) is 0 Å². The standard InChI is InChI=1S/C19H33N3O/c1-20-7-3-2-4-17(20)14-21-8-10-22(11-9-21)19(23)18-13-15-5-6-16(18)12-15/h15-18H,2-14H2,1H3. The Bertz CT molecular complexity index is 432. The number of fused-ring (bicyclic) bond motifs is 2. The Balaban J connectivity index is 1.25. The molecule has 2 bridgehead atoms. The van der Waals surface area contributed by atoms with Crippen LogP contribution < -0.4 is 0 Å². The average Bonchev–Trinajstić information content (AvgIpc) is 3.20. The number of likely N-dealkylation sites (tertiary alicyclic amines) is 1. The number of amides is 1. The molecule has 0 aromatic rings. The van der Waals surface area contributed by atoms with Gasteiger partial charge in [-0.1, -0.05) is 12.8 Å². The second kappa shape index (κ2) is 6.72. The molecule has 2 heterocycles. The zero-order chi connectivity index (χ0) is 15.8. The lowest BCUT2D eigenvalue weighted by Gasteiger charge is -2.41. The minimum Gasteiger partial charge on any atom is -0.340 e. The van der Waals surface area contributed by atoms with Gasteiger partial charge in [0.25, 0.3) is 0 Å². The zero-order valence-corrected chi connectivity index (χ0v) is 14.8. The lowest BCUT2D eigenvalue weighted by molar-refractivity contribution is -0.139. The van der Waals surface area contributed by atoms with Gasteiger partial charge in [0.15, 0.2) is 0 Å². The maximum absolute atomic E-state index is 12.8. The van der Waals surface area contributed by atoms with Crippen LogP contribution >= 0.6 is 0 Å². The number of rotatable bonds is 3. The average molecular weight is 319 g/mol. The van der Waals surface area contributed by atoms with E-state index >= 15 is 0 Å². The third kappa shape index (κ3) is 3.30. The summed E-state index contributed by atoms with van der Waals surface area (Å²) in [7, 11) is 2.28. The molecular formula is C19H33N3O. The molecule has 4 rings (SSSR count). The van der Waals surface area contributed by atoms with Gasteiger partial charge in [-0.05, 0) is 57.5 Å². The van der Waals surface area contributed by atoms with Gasteiger partial charge >= 0.3 is 0 Å². The number of nitrogens with zero attached hydrogens (tertiary/aromatic N) is 3. The summed E-state index contributed by atoms with van der Waals surface area (Å²) in [4.78, 5) is 20.2. The van der Waals surface area contributed by atoms with Gasteiger partial charge < -0.3 is 9.80 Å². The second-order valence-electron chi connectivity index (χ2n) is 8.54. The van der Waals surface area contributed by atoms with Crippen LogP contribution in [0.4, 0.5) is 0 Å². The molecule has 2 saturated carbocycles. The molecule has 0 aromatic heterocycles. The fourth-order valence-corrected chi connectivity index (χ4v) is 5.61. The number of hydrogen-bond donors (Lipinski definition) is 0. The van der Waals surface area contributed by atoms with Crippen LogP contribution in [0.3, 0.4) is 0 Å². The molecule has 1 amide bonds. The molecule has 0 aromatic carbocycles. The summed E-state index contributed by atoms with van der Waals surface area (Å²) in [5.74, 6) is 2.47. The number of piperidine rings is 1. The van der Waals surface area contributed by atoms with Crippen molar-refractivity contribution in [3.8, 4) is 0 Å². The Labute approximate surface area is 141 Å². The third-order valence-corrected chi connectivity index (χ3v) is 7.13. The van der Waals surface area contributed by atoms with Crippen LogP contribution in [0.15, 0.2) is 0 Å². The van der Waals surface area contributed by atoms with Crippen molar-refractivity contribution >= 4 is 5.91 Å². The van der Waals surface area contributed by atoms with Crippen LogP contribution in [0.25, 0.3) is 0 Å². The van der Waals surface area contributed by atoms with E-state index in [9.17, 15) is 4.79 Å². The van der Waals surface area contributed by atoms with Gasteiger partial charge in [0.05, 0.1) is 0 Å². The highest BCUT2D eigenvalue weighted by Crippen LogP contribution is 2.48. The number of piperazine rings is 1. The lowest BCUT2D eigenvalue weighted by atomic mass is 9.87. The number of carbonyl (C=O) groups excluding carboxylic acids is 1. The van der Waals surface area contributed by atoms with E-state index in [-0.39, 0.29) is 0 Å². The smallest absolute Gasteiger partial charge is 0.226 e. The van der Waals surface area contributed by atoms with E-state index in [1.54, 1.807) is 0 Å². The summed E-state index contributed by atoms with van der Waals surface area (Å²) >= 11 is 0. The normalized spacial score (nSPS) is 39.1. The zero-order valence-electron chi connectivity index (χ0n) is 14.8. The van der Waals surface area contributed by atoms with Crippen LogP contribution in [-0.4, -0.2) is 73.0 Å². The van der Waals surface area contributed by atoms with Crippen molar-refractivity contribution in [1.82, 2.24) is 14.7 Å². The minimum absolute atomic E-state index is 0.379. The fraction of sp³-hybridized carbons (Fsp3) is 0.947. The summed E-state index contributed by atoms with van der Waals surface area (Å²) in [5.41, 5.74) is 0. The number of hydrogen-bond acceptors (Lipinski definition) is 3. The van der Waals surface area contributed by atoms with E-state index in [4.69, 9.17) is 0 Å². The van der Waals surface area contributed by atoms with Crippen LogP contribution in [0.5, 0.6) is 0 Å². The summed E-state index contributed by atoms with van der Waals surface area (Å²) in [6, 6.07) is 0.733. The van der Waals surface area contributed by atoms with E-state index in [1.807, 2.05) is 0 Å². The van der Waals surface area contributed by atoms with Gasteiger partial charge in [0.1, 0.15) is 0 Å². The highest BCUT2D eigenvalue weighted by Gasteiger charge is 2.44. The molecule has 4 nitrogen and oxygen atoms in total. The Hall–Kier alpha value is -0.610. The Morgan fingerprint density at radius 2 is 1.78 bits per heavy atom. The lowest BCUT2D eigenvalue weighted by Crippen LogP contribution is -2.54. The van der Waals surface area contributed by atoms with E-state index in [0.29, 0.717) is 11.8 Å². The second-order valence-corrected chi connectivity index (χ2v) is 8.54. The molecule has 4 heteroatoms. The van der Waals surface area contributed by atoms with Gasteiger partial charge in [-0.3, -0.25) is 9.69 Å². The molecule has 2 saturated heterocycles. The molecule has 4 unspecified atom stereocenters. The fourth-order valence-electron chi connectivity index (χ4n) is 5.61. The maximum atomic E-state index is 12.8. The molecule has 0 radical (unpaired) electrons. The first-order valence-electron chi connectivity index (χ1n) is 9.92. The SMILES string of the molecule is CN1CCCCC1CN1CCN(C(=O)C2CC3CCC2C3)CC1. The van der Waals surface area contributed by atoms with Crippen molar-refractivity contribution in [1.29, 1.82) is 0 Å². The molecule has 4 atom stereocenters. The molecule has 2 aliphatic carbocycles. The summed E-state index contributed by atoms with van der Waals surface area (Å²) in [5, 5.41) is 0. The van der Waals surface area contributed by atoms with E-state index in [2.05, 4.69) is 21.7 Å². The summed E-state index contributed by atoms with van der Waals surface area (Å²) in [6.45, 7) is 6.54. The number of carbonyl (C=O) groups is 1. The van der Waals surface area contributed by atoms with Crippen LogP contribution in [0.2, 0.25) is 0 Å². The predicted molar refractivity (Wildman–Crippen MR) is 92.2 cm³/mol. The molecule has 23 heavy (non-hydrogen) atoms. The molecule has 130 valence electrons. The quantitative estimate of drug-likeness (QED) is 0.796. The van der Waals surface area contributed by atoms with Gasteiger partial charge in [-0.15, -0.1) is 0 Å². The monoisotopic (exact) mass is 319 g/mol. The molecule has 0 N–H and O–H groups in total. The molecule has 4 aliphatic rings. The highest BCUT2D eigenvalue weighted by atomic mass is 16.2. The van der Waals surface area contributed by atoms with E-state index in [1.165, 1.54) is 58.0 Å². The Kier molecular flexibility index (Phi) is 4.64. The molecule has 4 fully saturated rings. The summed E-state index contributed by atoms with van der Waals surface area (Å²) < 4.78 is 0. The van der Waals surface area contributed by atoms with Crippen molar-refractivity contribution < 1.29 is 4.79 Å². The largest absolute Gasteiger partial charge is 0.340 e. The Morgan fingerprint density at radius 3 is 2.43 bits per heavy atom. The van der Waals surface area contributed by atoms with Crippen molar-refractivity contribution in [3.63, 3.8) is 0 Å². The molecular weight excluding hydrogens is 286 g/mol. The van der Waals surface area contributed by atoms with Gasteiger partial charge in [0.2, 0.25) is 5.91 Å². The van der Waals surface area contributed by atoms with Crippen LogP contribution in [0.1, 0.15) is 44.9 Å². The van der Waals surface area contributed by atoms with Crippen LogP contribution in [0, 0.1) is 17.8 Å². The first-order chi connectivity index (χ1) is 11.2. The van der Waals surface area contributed by atoms with Crippen molar-refractivity contribution in [2.24, 2.45) is 17.8 Å². The van der Waals surface area contributed by atoms with E-state index in [0.717, 1.165) is 44.1 Å². The molecule has 2 aliphatic heterocycles. The van der Waals surface area contributed by atoms with Crippen molar-refractivity contribution in [3.05, 3.63) is 0 Å². The van der Waals surface area contributed by atoms with E-state index < -0.39 is 0 Å². The van der Waals surface area contributed by atoms with Crippen molar-refractivity contribution in [2.75, 3.05) is 46.3 Å². The predicted octanol–water partition coefficient (Wildman–Crippen LogP) is 2.05. The van der Waals surface area contributed by atoms with Crippen molar-refractivity contribution in [2.45, 2.75) is 51.0 Å². The van der Waals surface area contributed by atoms with Gasteiger partial charge in [0, 0.05) is 44.7 Å². The topological polar surface area (TPSA) is 26.8 Å². The van der Waals surface area contributed by atoms with Crippen LogP contribution in [-0.2, 0) is 4.79 Å². The number of likely N-dealkylation sites (N-methyl/N-ethyl adjacent to an activating group) is 1. The first kappa shape index (κ1) is 15.9. The first-order valence-corrected chi connectivity index (χ1v) is 9.92. The minimum atomic E-state index is 0.379. The molecule has 0 spiro atoms. The highest BCUT2D eigenvalue weighted by molar-refractivity contribution is 5.79. The third-order valence-electron chi connectivity index (χ3n) is 7.13. The Morgan fingerprint density at radius 1 is 0.957 bits per heavy atom. The maximum Gasteiger partial charge on any atom is 0.226 e.